The summed E-state index contributed by atoms with van der Waals surface area (Å²) in [6.45, 7) is 3.57. The molecule has 2 aliphatic heterocycles. The molecular formula is C15H22N2O3S. The van der Waals surface area contributed by atoms with Crippen molar-refractivity contribution in [2.45, 2.75) is 37.2 Å². The van der Waals surface area contributed by atoms with Gasteiger partial charge in [-0.2, -0.15) is 4.31 Å². The van der Waals surface area contributed by atoms with E-state index in [1.54, 1.807) is 12.1 Å². The van der Waals surface area contributed by atoms with Crippen LogP contribution in [-0.4, -0.2) is 43.6 Å². The molecule has 0 aliphatic carbocycles. The minimum absolute atomic E-state index is 0.0220. The number of nitrogens with zero attached hydrogens (tertiary/aromatic N) is 1. The highest BCUT2D eigenvalue weighted by atomic mass is 32.2. The van der Waals surface area contributed by atoms with Crippen molar-refractivity contribution in [1.29, 1.82) is 0 Å². The van der Waals surface area contributed by atoms with Gasteiger partial charge in [-0.1, -0.05) is 13.0 Å². The Kier molecular flexibility index (Phi) is 3.94. The molecule has 116 valence electrons. The number of anilines is 1. The molecule has 21 heavy (non-hydrogen) atoms. The van der Waals surface area contributed by atoms with Crippen LogP contribution in [0.25, 0.3) is 0 Å². The first-order valence-corrected chi connectivity index (χ1v) is 8.98. The third-order valence-corrected chi connectivity index (χ3v) is 6.44. The molecule has 5 nitrogen and oxygen atoms in total. The summed E-state index contributed by atoms with van der Waals surface area (Å²) in [5.41, 5.74) is 1.84. The molecule has 2 unspecified atom stereocenters. The van der Waals surface area contributed by atoms with E-state index in [4.69, 9.17) is 0 Å². The fourth-order valence-electron chi connectivity index (χ4n) is 3.17. The van der Waals surface area contributed by atoms with Crippen molar-refractivity contribution in [3.63, 3.8) is 0 Å². The third-order valence-electron chi connectivity index (χ3n) is 4.49. The lowest BCUT2D eigenvalue weighted by Gasteiger charge is -2.34. The number of piperidine rings is 1. The monoisotopic (exact) mass is 310 g/mol. The predicted molar refractivity (Wildman–Crippen MR) is 81.8 cm³/mol. The Morgan fingerprint density at radius 2 is 2.19 bits per heavy atom. The van der Waals surface area contributed by atoms with Crippen LogP contribution in [-0.2, 0) is 16.4 Å². The maximum atomic E-state index is 12.9. The van der Waals surface area contributed by atoms with E-state index in [1.807, 2.05) is 13.0 Å². The molecule has 0 aromatic heterocycles. The van der Waals surface area contributed by atoms with Crippen LogP contribution in [0.15, 0.2) is 23.1 Å². The smallest absolute Gasteiger partial charge is 0.243 e. The van der Waals surface area contributed by atoms with Crippen LogP contribution in [0, 0.1) is 5.92 Å². The molecule has 1 aromatic rings. The van der Waals surface area contributed by atoms with E-state index in [9.17, 15) is 13.5 Å². The predicted octanol–water partition coefficient (Wildman–Crippen LogP) is 1.44. The van der Waals surface area contributed by atoms with Crippen molar-refractivity contribution >= 4 is 15.7 Å². The van der Waals surface area contributed by atoms with E-state index in [0.29, 0.717) is 24.4 Å². The number of aliphatic hydroxyl groups excluding tert-OH is 1. The van der Waals surface area contributed by atoms with Gasteiger partial charge in [0.25, 0.3) is 0 Å². The molecule has 2 atom stereocenters. The van der Waals surface area contributed by atoms with Crippen molar-refractivity contribution < 1.29 is 13.5 Å². The summed E-state index contributed by atoms with van der Waals surface area (Å²) in [4.78, 5) is 0.427. The summed E-state index contributed by atoms with van der Waals surface area (Å²) in [6.07, 6.45) is 1.86. The van der Waals surface area contributed by atoms with E-state index in [2.05, 4.69) is 5.32 Å². The highest BCUT2D eigenvalue weighted by Crippen LogP contribution is 2.32. The second-order valence-corrected chi connectivity index (χ2v) is 7.92. The zero-order valence-corrected chi connectivity index (χ0v) is 13.1. The van der Waals surface area contributed by atoms with E-state index >= 15 is 0 Å². The van der Waals surface area contributed by atoms with E-state index in [1.165, 1.54) is 4.31 Å². The van der Waals surface area contributed by atoms with Crippen LogP contribution in [0.2, 0.25) is 0 Å². The summed E-state index contributed by atoms with van der Waals surface area (Å²) in [7, 11) is -3.48. The second kappa shape index (κ2) is 5.59. The molecule has 2 heterocycles. The fraction of sp³-hybridized carbons (Fsp3) is 0.600. The van der Waals surface area contributed by atoms with Crippen molar-refractivity contribution in [2.24, 2.45) is 5.92 Å². The van der Waals surface area contributed by atoms with Crippen LogP contribution in [0.4, 0.5) is 5.69 Å². The van der Waals surface area contributed by atoms with Crippen LogP contribution in [0.1, 0.15) is 25.3 Å². The van der Waals surface area contributed by atoms with Gasteiger partial charge in [-0.15, -0.1) is 0 Å². The zero-order chi connectivity index (χ0) is 15.0. The van der Waals surface area contributed by atoms with Gasteiger partial charge >= 0.3 is 0 Å². The highest BCUT2D eigenvalue weighted by Gasteiger charge is 2.34. The quantitative estimate of drug-likeness (QED) is 0.867. The Morgan fingerprint density at radius 1 is 1.38 bits per heavy atom. The Labute approximate surface area is 126 Å². The summed E-state index contributed by atoms with van der Waals surface area (Å²) in [6, 6.07) is 5.44. The molecule has 0 spiro atoms. The number of hydrogen-bond donors (Lipinski definition) is 2. The zero-order valence-electron chi connectivity index (χ0n) is 12.2. The summed E-state index contributed by atoms with van der Waals surface area (Å²) in [5, 5.41) is 13.1. The Bertz CT molecular complexity index is 630. The minimum atomic E-state index is -3.48. The molecule has 2 N–H and O–H groups in total. The topological polar surface area (TPSA) is 69.6 Å². The summed E-state index contributed by atoms with van der Waals surface area (Å²) < 4.78 is 27.4. The van der Waals surface area contributed by atoms with Crippen LogP contribution >= 0.6 is 0 Å². The largest absolute Gasteiger partial charge is 0.393 e. The van der Waals surface area contributed by atoms with Crippen LogP contribution < -0.4 is 5.32 Å². The Hall–Kier alpha value is -1.11. The van der Waals surface area contributed by atoms with Crippen LogP contribution in [0.3, 0.4) is 0 Å². The lowest BCUT2D eigenvalue weighted by Crippen LogP contribution is -2.45. The van der Waals surface area contributed by atoms with Gasteiger partial charge < -0.3 is 10.4 Å². The normalized spacial score (nSPS) is 27.0. The maximum absolute atomic E-state index is 12.9. The van der Waals surface area contributed by atoms with Crippen molar-refractivity contribution in [3.8, 4) is 0 Å². The molecular weight excluding hydrogens is 288 g/mol. The molecule has 6 heteroatoms. The third kappa shape index (κ3) is 2.67. The fourth-order valence-corrected chi connectivity index (χ4v) is 5.00. The molecule has 3 rings (SSSR count). The molecule has 0 bridgehead atoms. The first-order chi connectivity index (χ1) is 10.00. The SMILES string of the molecule is CC1CN(S(=O)(=O)c2cccc3c2CCCN3)CCC1O. The Morgan fingerprint density at radius 3 is 2.95 bits per heavy atom. The van der Waals surface area contributed by atoms with E-state index < -0.39 is 16.1 Å². The summed E-state index contributed by atoms with van der Waals surface area (Å²) in [5.74, 6) is -0.0220. The number of aliphatic hydroxyl groups is 1. The number of rotatable bonds is 2. The van der Waals surface area contributed by atoms with Crippen molar-refractivity contribution in [2.75, 3.05) is 25.0 Å². The highest BCUT2D eigenvalue weighted by molar-refractivity contribution is 7.89. The average Bonchev–Trinajstić information content (AvgIpc) is 2.49. The number of hydrogen-bond acceptors (Lipinski definition) is 4. The standard InChI is InChI=1S/C15H22N2O3S/c1-11-10-17(9-7-14(11)18)21(19,20)15-6-2-5-13-12(15)4-3-8-16-13/h2,5-6,11,14,16,18H,3-4,7-10H2,1H3. The number of nitrogens with one attached hydrogen (secondary N) is 1. The van der Waals surface area contributed by atoms with Gasteiger partial charge in [0.15, 0.2) is 0 Å². The van der Waals surface area contributed by atoms with Gasteiger partial charge in [0.05, 0.1) is 11.0 Å². The van der Waals surface area contributed by atoms with Gasteiger partial charge in [0.1, 0.15) is 0 Å². The first-order valence-electron chi connectivity index (χ1n) is 7.54. The maximum Gasteiger partial charge on any atom is 0.243 e. The van der Waals surface area contributed by atoms with Crippen LogP contribution in [0.5, 0.6) is 0 Å². The molecule has 0 saturated carbocycles. The van der Waals surface area contributed by atoms with Crippen molar-refractivity contribution in [3.05, 3.63) is 23.8 Å². The van der Waals surface area contributed by atoms with Crippen molar-refractivity contribution in [1.82, 2.24) is 4.31 Å². The number of fused-ring (bicyclic) bond motifs is 1. The van der Waals surface area contributed by atoms with E-state index in [0.717, 1.165) is 30.6 Å². The van der Waals surface area contributed by atoms with Gasteiger partial charge in [-0.25, -0.2) is 8.42 Å². The molecule has 0 radical (unpaired) electrons. The second-order valence-electron chi connectivity index (χ2n) is 6.01. The van der Waals surface area contributed by atoms with Gasteiger partial charge in [0.2, 0.25) is 10.0 Å². The number of benzene rings is 1. The molecule has 2 aliphatic rings. The lowest BCUT2D eigenvalue weighted by atomic mass is 9.99. The van der Waals surface area contributed by atoms with E-state index in [-0.39, 0.29) is 5.92 Å². The lowest BCUT2D eigenvalue weighted by molar-refractivity contribution is 0.0628. The van der Waals surface area contributed by atoms with Gasteiger partial charge in [-0.05, 0) is 42.9 Å². The Balaban J connectivity index is 1.96. The van der Waals surface area contributed by atoms with Gasteiger partial charge in [-0.3, -0.25) is 0 Å². The minimum Gasteiger partial charge on any atom is -0.393 e. The molecule has 1 saturated heterocycles. The molecule has 1 aromatic carbocycles. The average molecular weight is 310 g/mol. The molecule has 0 amide bonds. The first kappa shape index (κ1) is 14.8. The molecule has 1 fully saturated rings. The summed E-state index contributed by atoms with van der Waals surface area (Å²) >= 11 is 0. The van der Waals surface area contributed by atoms with Gasteiger partial charge in [0, 0.05) is 25.3 Å². The number of sulfonamides is 1.